The molecule has 1 atom stereocenters. The van der Waals surface area contributed by atoms with E-state index in [1.807, 2.05) is 30.5 Å². The number of rotatable bonds is 3. The van der Waals surface area contributed by atoms with Crippen molar-refractivity contribution < 1.29 is 4.79 Å². The van der Waals surface area contributed by atoms with Crippen molar-refractivity contribution in [1.29, 1.82) is 0 Å². The maximum Gasteiger partial charge on any atom is 0.138 e. The second kappa shape index (κ2) is 4.67. The molecule has 0 saturated carbocycles. The molecule has 0 bridgehead atoms. The standard InChI is InChI=1S/C9H9BrOS/c1-12-8-4-2-3-7(5-8)9(10)6-11/h2-6,9H,1H3. The number of hydrogen-bond donors (Lipinski definition) is 0. The molecule has 0 heterocycles. The van der Waals surface area contributed by atoms with Crippen LogP contribution in [0.25, 0.3) is 0 Å². The van der Waals surface area contributed by atoms with Crippen LogP contribution in [0.3, 0.4) is 0 Å². The van der Waals surface area contributed by atoms with Gasteiger partial charge in [0.25, 0.3) is 0 Å². The predicted molar refractivity (Wildman–Crippen MR) is 56.0 cm³/mol. The monoisotopic (exact) mass is 244 g/mol. The molecule has 3 heteroatoms. The summed E-state index contributed by atoms with van der Waals surface area (Å²) in [5, 5.41) is 0. The van der Waals surface area contributed by atoms with Crippen LogP contribution >= 0.6 is 27.7 Å². The molecule has 0 N–H and O–H groups in total. The van der Waals surface area contributed by atoms with E-state index < -0.39 is 0 Å². The molecule has 1 aromatic carbocycles. The fourth-order valence-corrected chi connectivity index (χ4v) is 1.64. The van der Waals surface area contributed by atoms with Gasteiger partial charge in [-0.2, -0.15) is 0 Å². The van der Waals surface area contributed by atoms with Crippen LogP contribution in [0.2, 0.25) is 0 Å². The molecule has 0 saturated heterocycles. The average Bonchev–Trinajstić information content (AvgIpc) is 2.17. The zero-order chi connectivity index (χ0) is 8.97. The first-order chi connectivity index (χ1) is 5.77. The molecule has 0 aliphatic heterocycles. The lowest BCUT2D eigenvalue weighted by atomic mass is 10.2. The van der Waals surface area contributed by atoms with Crippen LogP contribution < -0.4 is 0 Å². The Balaban J connectivity index is 2.93. The fourth-order valence-electron chi connectivity index (χ4n) is 0.892. The normalized spacial score (nSPS) is 12.5. The number of carbonyl (C=O) groups excluding carboxylic acids is 1. The van der Waals surface area contributed by atoms with Gasteiger partial charge in [0.1, 0.15) is 6.29 Å². The number of aldehydes is 1. The number of alkyl halides is 1. The Morgan fingerprint density at radius 1 is 1.58 bits per heavy atom. The summed E-state index contributed by atoms with van der Waals surface area (Å²) in [5.41, 5.74) is 1.01. The van der Waals surface area contributed by atoms with Crippen LogP contribution in [0.15, 0.2) is 29.2 Å². The number of carbonyl (C=O) groups is 1. The van der Waals surface area contributed by atoms with Crippen molar-refractivity contribution in [2.45, 2.75) is 9.72 Å². The zero-order valence-corrected chi connectivity index (χ0v) is 9.06. The lowest BCUT2D eigenvalue weighted by Gasteiger charge is -2.03. The van der Waals surface area contributed by atoms with Crippen molar-refractivity contribution in [2.75, 3.05) is 6.26 Å². The second-order valence-corrected chi connectivity index (χ2v) is 4.18. The highest BCUT2D eigenvalue weighted by Gasteiger charge is 2.04. The van der Waals surface area contributed by atoms with Gasteiger partial charge in [-0.05, 0) is 24.0 Å². The molecular formula is C9H9BrOS. The van der Waals surface area contributed by atoms with Crippen molar-refractivity contribution >= 4 is 34.0 Å². The molecule has 1 rings (SSSR count). The first-order valence-corrected chi connectivity index (χ1v) is 5.65. The maximum absolute atomic E-state index is 10.5. The Morgan fingerprint density at radius 2 is 2.33 bits per heavy atom. The predicted octanol–water partition coefficient (Wildman–Crippen LogP) is 3.04. The molecule has 0 aromatic heterocycles. The summed E-state index contributed by atoms with van der Waals surface area (Å²) in [6, 6.07) is 7.93. The van der Waals surface area contributed by atoms with Gasteiger partial charge in [0.15, 0.2) is 0 Å². The van der Waals surface area contributed by atoms with E-state index in [1.165, 1.54) is 4.90 Å². The molecule has 1 nitrogen and oxygen atoms in total. The van der Waals surface area contributed by atoms with Gasteiger partial charge >= 0.3 is 0 Å². The SMILES string of the molecule is CSc1cccc(C(Br)C=O)c1. The minimum absolute atomic E-state index is 0.176. The fraction of sp³-hybridized carbons (Fsp3) is 0.222. The van der Waals surface area contributed by atoms with Crippen molar-refractivity contribution in [1.82, 2.24) is 0 Å². The van der Waals surface area contributed by atoms with E-state index in [4.69, 9.17) is 0 Å². The van der Waals surface area contributed by atoms with Crippen molar-refractivity contribution in [3.05, 3.63) is 29.8 Å². The number of hydrogen-bond acceptors (Lipinski definition) is 2. The molecule has 64 valence electrons. The highest BCUT2D eigenvalue weighted by Crippen LogP contribution is 2.24. The summed E-state index contributed by atoms with van der Waals surface area (Å²) in [7, 11) is 0. The van der Waals surface area contributed by atoms with E-state index in [1.54, 1.807) is 11.8 Å². The van der Waals surface area contributed by atoms with Gasteiger partial charge < -0.3 is 4.79 Å². The van der Waals surface area contributed by atoms with E-state index >= 15 is 0 Å². The quantitative estimate of drug-likeness (QED) is 0.462. The van der Waals surface area contributed by atoms with Gasteiger partial charge in [0.2, 0.25) is 0 Å². The molecule has 0 amide bonds. The largest absolute Gasteiger partial charge is 0.302 e. The van der Waals surface area contributed by atoms with Crippen LogP contribution in [0.1, 0.15) is 10.4 Å². The molecule has 1 unspecified atom stereocenters. The van der Waals surface area contributed by atoms with Crippen molar-refractivity contribution in [2.24, 2.45) is 0 Å². The summed E-state index contributed by atoms with van der Waals surface area (Å²) in [5.74, 6) is 0. The van der Waals surface area contributed by atoms with Gasteiger partial charge in [0.05, 0.1) is 4.83 Å². The minimum Gasteiger partial charge on any atom is -0.302 e. The number of thioether (sulfide) groups is 1. The van der Waals surface area contributed by atoms with Gasteiger partial charge in [0, 0.05) is 4.90 Å². The van der Waals surface area contributed by atoms with Crippen LogP contribution in [-0.4, -0.2) is 12.5 Å². The molecule has 12 heavy (non-hydrogen) atoms. The molecule has 0 fully saturated rings. The third kappa shape index (κ3) is 2.35. The number of halogens is 1. The van der Waals surface area contributed by atoms with E-state index in [0.29, 0.717) is 0 Å². The Kier molecular flexibility index (Phi) is 3.82. The zero-order valence-electron chi connectivity index (χ0n) is 6.66. The minimum atomic E-state index is -0.176. The van der Waals surface area contributed by atoms with E-state index in [2.05, 4.69) is 15.9 Å². The average molecular weight is 245 g/mol. The van der Waals surface area contributed by atoms with Crippen LogP contribution in [0, 0.1) is 0 Å². The smallest absolute Gasteiger partial charge is 0.138 e. The molecule has 0 radical (unpaired) electrons. The lowest BCUT2D eigenvalue weighted by Crippen LogP contribution is -1.89. The van der Waals surface area contributed by atoms with Gasteiger partial charge in [-0.25, -0.2) is 0 Å². The summed E-state index contributed by atoms with van der Waals surface area (Å²) in [4.78, 5) is 11.5. The summed E-state index contributed by atoms with van der Waals surface area (Å²) < 4.78 is 0. The summed E-state index contributed by atoms with van der Waals surface area (Å²) >= 11 is 4.95. The van der Waals surface area contributed by atoms with E-state index in [-0.39, 0.29) is 4.83 Å². The highest BCUT2D eigenvalue weighted by atomic mass is 79.9. The van der Waals surface area contributed by atoms with Gasteiger partial charge in [-0.1, -0.05) is 28.1 Å². The van der Waals surface area contributed by atoms with Crippen LogP contribution in [-0.2, 0) is 4.79 Å². The molecule has 0 aliphatic carbocycles. The van der Waals surface area contributed by atoms with Gasteiger partial charge in [-0.15, -0.1) is 11.8 Å². The first-order valence-electron chi connectivity index (χ1n) is 3.51. The molecular weight excluding hydrogens is 236 g/mol. The van der Waals surface area contributed by atoms with Crippen LogP contribution in [0.4, 0.5) is 0 Å². The van der Waals surface area contributed by atoms with Gasteiger partial charge in [-0.3, -0.25) is 0 Å². The topological polar surface area (TPSA) is 17.1 Å². The second-order valence-electron chi connectivity index (χ2n) is 2.31. The maximum atomic E-state index is 10.5. The Hall–Kier alpha value is -0.280. The lowest BCUT2D eigenvalue weighted by molar-refractivity contribution is -0.107. The first kappa shape index (κ1) is 9.81. The van der Waals surface area contributed by atoms with E-state index in [0.717, 1.165) is 11.8 Å². The summed E-state index contributed by atoms with van der Waals surface area (Å²) in [6.45, 7) is 0. The molecule has 1 aromatic rings. The molecule has 0 spiro atoms. The number of benzene rings is 1. The Labute approximate surface area is 84.7 Å². The van der Waals surface area contributed by atoms with Crippen molar-refractivity contribution in [3.63, 3.8) is 0 Å². The Bertz CT molecular complexity index is 275. The molecule has 0 aliphatic rings. The highest BCUT2D eigenvalue weighted by molar-refractivity contribution is 9.09. The van der Waals surface area contributed by atoms with Crippen molar-refractivity contribution in [3.8, 4) is 0 Å². The third-order valence-electron chi connectivity index (χ3n) is 1.53. The Morgan fingerprint density at radius 3 is 2.92 bits per heavy atom. The summed E-state index contributed by atoms with van der Waals surface area (Å²) in [6.07, 6.45) is 2.91. The third-order valence-corrected chi connectivity index (χ3v) is 3.00. The van der Waals surface area contributed by atoms with E-state index in [9.17, 15) is 4.79 Å². The van der Waals surface area contributed by atoms with Crippen LogP contribution in [0.5, 0.6) is 0 Å².